The van der Waals surface area contributed by atoms with Gasteiger partial charge in [-0.25, -0.2) is 0 Å². The molecule has 7 nitrogen and oxygen atoms in total. The zero-order valence-corrected chi connectivity index (χ0v) is 11.3. The topological polar surface area (TPSA) is 102 Å². The molecule has 0 atom stereocenters. The van der Waals surface area contributed by atoms with Crippen molar-refractivity contribution in [1.82, 2.24) is 0 Å². The zero-order valence-electron chi connectivity index (χ0n) is 8.83. The van der Waals surface area contributed by atoms with Gasteiger partial charge in [0.25, 0.3) is 0 Å². The van der Waals surface area contributed by atoms with Gasteiger partial charge in [-0.15, -0.1) is 0 Å². The molecule has 92 valence electrons. The van der Waals surface area contributed by atoms with Crippen LogP contribution in [0, 0.1) is 0 Å². The highest BCUT2D eigenvalue weighted by Crippen LogP contribution is 2.25. The van der Waals surface area contributed by atoms with Gasteiger partial charge in [-0.1, -0.05) is 0 Å². The predicted molar refractivity (Wildman–Crippen MR) is 55.3 cm³/mol. The smallest absolute Gasteiger partial charge is 0.171 e. The highest BCUT2D eigenvalue weighted by atomic mass is 32.3. The second-order valence-corrected chi connectivity index (χ2v) is 10.1. The van der Waals surface area contributed by atoms with E-state index in [9.17, 15) is 25.3 Å². The van der Waals surface area contributed by atoms with E-state index in [0.29, 0.717) is 18.8 Å². The Morgan fingerprint density at radius 3 is 0.933 bits per heavy atom. The molecular weight excluding hydrogens is 266 g/mol. The Bertz CT molecular complexity index is 461. The van der Waals surface area contributed by atoms with Gasteiger partial charge in [-0.2, -0.15) is 25.3 Å². The maximum absolute atomic E-state index is 11.4. The van der Waals surface area contributed by atoms with E-state index in [1.165, 1.54) is 6.92 Å². The van der Waals surface area contributed by atoms with Gasteiger partial charge in [0.05, 0.1) is 18.8 Å². The molecule has 0 aromatic heterocycles. The van der Waals surface area contributed by atoms with Crippen molar-refractivity contribution in [1.29, 1.82) is 0 Å². The first-order chi connectivity index (χ1) is 6.31. The van der Waals surface area contributed by atoms with E-state index in [2.05, 4.69) is 0 Å². The Hall–Kier alpha value is -0.190. The van der Waals surface area contributed by atoms with E-state index in [1.807, 2.05) is 0 Å². The molecule has 0 radical (unpaired) electrons. The van der Waals surface area contributed by atoms with Gasteiger partial charge in [0.1, 0.15) is 6.54 Å². The lowest BCUT2D eigenvalue weighted by molar-refractivity contribution is -0.519. The maximum Gasteiger partial charge on any atom is 0.323 e. The fourth-order valence-electron chi connectivity index (χ4n) is 1.44. The molecule has 0 aromatic carbocycles. The molecule has 0 unspecified atom stereocenters. The molecule has 0 N–H and O–H groups in total. The van der Waals surface area contributed by atoms with Gasteiger partial charge in [-0.05, 0) is 9.62 Å². The monoisotopic (exact) mass is 280 g/mol. The third kappa shape index (κ3) is 2.17. The van der Waals surface area contributed by atoms with Crippen molar-refractivity contribution in [2.75, 3.05) is 25.3 Å². The molecule has 0 bridgehead atoms. The van der Waals surface area contributed by atoms with E-state index in [4.69, 9.17) is 0 Å². The normalized spacial score (nSPS) is 15.2. The van der Waals surface area contributed by atoms with Crippen LogP contribution in [0.5, 0.6) is 0 Å². The maximum atomic E-state index is 11.4. The van der Waals surface area contributed by atoms with Gasteiger partial charge in [0.15, 0.2) is 0 Å². The molecule has 10 heteroatoms. The number of hydrogen-bond acceptors (Lipinski definition) is 6. The van der Waals surface area contributed by atoms with Gasteiger partial charge in [-0.3, -0.25) is 0 Å². The molecule has 0 heterocycles. The first-order valence-electron chi connectivity index (χ1n) is 3.80. The van der Waals surface area contributed by atoms with Crippen LogP contribution >= 0.6 is 0 Å². The molecule has 0 spiro atoms. The standard InChI is InChI=1S/C5H14NO6S3/c1-5-6(13(2,7)8,14(3,9)10)15(4,11)12/h5H2,1-4H3/q+1. The average molecular weight is 280 g/mol. The van der Waals surface area contributed by atoms with Crippen LogP contribution in [0.2, 0.25) is 0 Å². The third-order valence-electron chi connectivity index (χ3n) is 1.90. The fraction of sp³-hybridized carbons (Fsp3) is 1.00. The molecule has 0 aliphatic rings. The van der Waals surface area contributed by atoms with E-state index in [-0.39, 0.29) is 0 Å². The number of rotatable bonds is 4. The minimum absolute atomic E-state index is 0.582. The molecule has 0 rings (SSSR count). The summed E-state index contributed by atoms with van der Waals surface area (Å²) in [5.74, 6) is 0. The molecule has 0 saturated carbocycles. The summed E-state index contributed by atoms with van der Waals surface area (Å²) < 4.78 is 66.4. The van der Waals surface area contributed by atoms with Gasteiger partial charge >= 0.3 is 30.1 Å². The Morgan fingerprint density at radius 2 is 0.933 bits per heavy atom. The van der Waals surface area contributed by atoms with Crippen LogP contribution in [0.15, 0.2) is 0 Å². The van der Waals surface area contributed by atoms with Gasteiger partial charge in [0.2, 0.25) is 0 Å². The largest absolute Gasteiger partial charge is 0.323 e. The van der Waals surface area contributed by atoms with Crippen LogP contribution < -0.4 is 0 Å². The van der Waals surface area contributed by atoms with Crippen LogP contribution in [0.4, 0.5) is 0 Å². The van der Waals surface area contributed by atoms with E-state index in [0.717, 1.165) is 0 Å². The summed E-state index contributed by atoms with van der Waals surface area (Å²) in [5, 5.41) is 0. The number of sulfonamides is 3. The second kappa shape index (κ2) is 3.68. The van der Waals surface area contributed by atoms with Crippen molar-refractivity contribution in [3.8, 4) is 0 Å². The van der Waals surface area contributed by atoms with E-state index < -0.39 is 39.3 Å². The summed E-state index contributed by atoms with van der Waals surface area (Å²) in [5.41, 5.74) is 0. The van der Waals surface area contributed by atoms with Crippen LogP contribution in [0.3, 0.4) is 0 Å². The lowest BCUT2D eigenvalue weighted by Gasteiger charge is -2.28. The SMILES string of the molecule is CC[N+](S(C)(=O)=O)(S(C)(=O)=O)S(C)(=O)=O. The molecule has 0 aliphatic carbocycles. The Balaban J connectivity index is 6.58. The van der Waals surface area contributed by atoms with Gasteiger partial charge in [0, 0.05) is 0 Å². The first kappa shape index (κ1) is 14.8. The lowest BCUT2D eigenvalue weighted by atomic mass is 10.8. The van der Waals surface area contributed by atoms with Crippen molar-refractivity contribution in [3.05, 3.63) is 0 Å². The molecule has 15 heavy (non-hydrogen) atoms. The predicted octanol–water partition coefficient (Wildman–Crippen LogP) is -1.30. The summed E-state index contributed by atoms with van der Waals surface area (Å²) in [6.07, 6.45) is 1.75. The highest BCUT2D eigenvalue weighted by molar-refractivity contribution is 8.09. The Kier molecular flexibility index (Phi) is 3.63. The first-order valence-corrected chi connectivity index (χ1v) is 9.34. The summed E-state index contributed by atoms with van der Waals surface area (Å²) in [6, 6.07) is 0. The summed E-state index contributed by atoms with van der Waals surface area (Å²) in [7, 11) is -13.0. The average Bonchev–Trinajstić information content (AvgIpc) is 1.76. The van der Waals surface area contributed by atoms with Crippen molar-refractivity contribution < 1.29 is 28.0 Å². The molecule has 0 fully saturated rings. The van der Waals surface area contributed by atoms with E-state index >= 15 is 0 Å². The summed E-state index contributed by atoms with van der Waals surface area (Å²) >= 11 is 0. The Labute approximate surface area is 90.5 Å². The van der Waals surface area contributed by atoms with Crippen molar-refractivity contribution >= 4 is 30.1 Å². The molecule has 0 saturated heterocycles. The minimum atomic E-state index is -4.33. The Morgan fingerprint density at radius 1 is 0.733 bits per heavy atom. The van der Waals surface area contributed by atoms with Crippen LogP contribution in [0.25, 0.3) is 0 Å². The third-order valence-corrected chi connectivity index (χ3v) is 10.6. The van der Waals surface area contributed by atoms with Crippen LogP contribution in [-0.4, -0.2) is 53.3 Å². The fourth-order valence-corrected chi connectivity index (χ4v) is 8.75. The van der Waals surface area contributed by atoms with Crippen molar-refractivity contribution in [2.45, 2.75) is 6.92 Å². The zero-order chi connectivity index (χ0) is 12.7. The highest BCUT2D eigenvalue weighted by Gasteiger charge is 2.55. The van der Waals surface area contributed by atoms with Crippen LogP contribution in [0.1, 0.15) is 6.92 Å². The minimum Gasteiger partial charge on any atom is -0.171 e. The van der Waals surface area contributed by atoms with Crippen LogP contribution in [-0.2, 0) is 30.1 Å². The van der Waals surface area contributed by atoms with E-state index in [1.54, 1.807) is 0 Å². The molecular formula is C5H14NO6S3+. The number of quaternary nitrogens is 1. The lowest BCUT2D eigenvalue weighted by Crippen LogP contribution is -2.58. The summed E-state index contributed by atoms with van der Waals surface area (Å²) in [4.78, 5) is 0. The summed E-state index contributed by atoms with van der Waals surface area (Å²) in [6.45, 7) is 0.597. The molecule has 0 amide bonds. The quantitative estimate of drug-likeness (QED) is 0.593. The molecule has 0 aromatic rings. The van der Waals surface area contributed by atoms with Crippen molar-refractivity contribution in [3.63, 3.8) is 0 Å². The molecule has 0 aliphatic heterocycles. The van der Waals surface area contributed by atoms with Gasteiger partial charge < -0.3 is 0 Å². The number of hydrogen-bond donors (Lipinski definition) is 0. The second-order valence-electron chi connectivity index (χ2n) is 3.13. The number of nitrogens with zero attached hydrogens (tertiary/aromatic N) is 1. The van der Waals surface area contributed by atoms with Crippen molar-refractivity contribution in [2.24, 2.45) is 0 Å².